The normalized spacial score (nSPS) is 10.3. The molecule has 0 aliphatic rings. The zero-order valence-electron chi connectivity index (χ0n) is 9.54. The van der Waals surface area contributed by atoms with Gasteiger partial charge in [0.2, 0.25) is 5.16 Å². The molecule has 0 atom stereocenters. The molecule has 7 heteroatoms. The van der Waals surface area contributed by atoms with Gasteiger partial charge in [-0.25, -0.2) is 4.98 Å². The van der Waals surface area contributed by atoms with Gasteiger partial charge in [0.25, 0.3) is 0 Å². The second-order valence-electron chi connectivity index (χ2n) is 3.36. The summed E-state index contributed by atoms with van der Waals surface area (Å²) in [5.74, 6) is 0.0269. The van der Waals surface area contributed by atoms with Crippen LogP contribution in [0.1, 0.15) is 0 Å². The molecular formula is C11H10N3O3S-. The van der Waals surface area contributed by atoms with Crippen LogP contribution in [0, 0.1) is 0 Å². The minimum absolute atomic E-state index is 0.167. The number of aliphatic carboxylic acids is 1. The molecule has 0 spiro atoms. The van der Waals surface area contributed by atoms with Crippen molar-refractivity contribution >= 4 is 17.7 Å². The maximum absolute atomic E-state index is 10.3. The number of carbonyl (C=O) groups is 1. The number of methoxy groups -OCH3 is 1. The molecule has 6 nitrogen and oxygen atoms in total. The van der Waals surface area contributed by atoms with E-state index in [9.17, 15) is 9.90 Å². The van der Waals surface area contributed by atoms with Gasteiger partial charge >= 0.3 is 0 Å². The first-order valence-electron chi connectivity index (χ1n) is 5.08. The number of thioether (sulfide) groups is 1. The molecule has 1 aromatic heterocycles. The van der Waals surface area contributed by atoms with Crippen LogP contribution in [0.15, 0.2) is 29.4 Å². The fourth-order valence-electron chi connectivity index (χ4n) is 1.31. The standard InChI is InChI=1S/C11H11N3O3S/c1-17-8-4-2-7(3-5-8)10-12-11(14-13-10)18-6-9(15)16/h2-5H,6H2,1H3,(H,15,16)(H,12,13,14)/p-1. The first-order chi connectivity index (χ1) is 8.69. The molecule has 0 amide bonds. The second kappa shape index (κ2) is 5.54. The number of carboxylic acids is 1. The number of rotatable bonds is 5. The molecule has 1 aromatic carbocycles. The van der Waals surface area contributed by atoms with Crippen LogP contribution in [0.25, 0.3) is 11.4 Å². The number of aromatic nitrogens is 3. The van der Waals surface area contributed by atoms with Gasteiger partial charge in [-0.15, -0.1) is 5.10 Å². The fourth-order valence-corrected chi connectivity index (χ4v) is 1.83. The highest BCUT2D eigenvalue weighted by molar-refractivity contribution is 7.99. The highest BCUT2D eigenvalue weighted by Gasteiger charge is 2.06. The van der Waals surface area contributed by atoms with E-state index in [0.29, 0.717) is 11.0 Å². The summed E-state index contributed by atoms with van der Waals surface area (Å²) in [6.45, 7) is 0. The average molecular weight is 264 g/mol. The van der Waals surface area contributed by atoms with Gasteiger partial charge in [-0.2, -0.15) is 0 Å². The molecule has 2 rings (SSSR count). The zero-order chi connectivity index (χ0) is 13.0. The number of H-pyrrole nitrogens is 1. The van der Waals surface area contributed by atoms with Crippen molar-refractivity contribution in [1.82, 2.24) is 15.2 Å². The molecule has 1 heterocycles. The maximum Gasteiger partial charge on any atom is 0.209 e. The third kappa shape index (κ3) is 3.01. The van der Waals surface area contributed by atoms with Crippen LogP contribution in [0.3, 0.4) is 0 Å². The Morgan fingerprint density at radius 1 is 1.44 bits per heavy atom. The second-order valence-corrected chi connectivity index (χ2v) is 4.30. The van der Waals surface area contributed by atoms with Gasteiger partial charge in [-0.05, 0) is 24.3 Å². The number of aromatic amines is 1. The number of hydrogen-bond donors (Lipinski definition) is 1. The lowest BCUT2D eigenvalue weighted by molar-refractivity contribution is -0.301. The van der Waals surface area contributed by atoms with Crippen molar-refractivity contribution in [2.75, 3.05) is 12.9 Å². The Balaban J connectivity index is 2.10. The van der Waals surface area contributed by atoms with E-state index in [1.165, 1.54) is 0 Å². The number of ether oxygens (including phenoxy) is 1. The Bertz CT molecular complexity index is 539. The van der Waals surface area contributed by atoms with E-state index in [4.69, 9.17) is 4.74 Å². The highest BCUT2D eigenvalue weighted by Crippen LogP contribution is 2.21. The fraction of sp³-hybridized carbons (Fsp3) is 0.182. The predicted octanol–water partition coefficient (Wildman–Crippen LogP) is 0.322. The number of benzene rings is 1. The van der Waals surface area contributed by atoms with E-state index in [0.717, 1.165) is 23.1 Å². The zero-order valence-corrected chi connectivity index (χ0v) is 10.4. The Labute approximate surface area is 107 Å². The SMILES string of the molecule is COc1ccc(-c2nc(SCC(=O)[O-])n[nH]2)cc1. The van der Waals surface area contributed by atoms with E-state index in [1.54, 1.807) is 7.11 Å². The monoisotopic (exact) mass is 264 g/mol. The van der Waals surface area contributed by atoms with Crippen LogP contribution in [0.5, 0.6) is 5.75 Å². The summed E-state index contributed by atoms with van der Waals surface area (Å²) in [5.41, 5.74) is 0.851. The molecule has 0 aliphatic heterocycles. The van der Waals surface area contributed by atoms with E-state index in [1.807, 2.05) is 24.3 Å². The smallest absolute Gasteiger partial charge is 0.209 e. The quantitative estimate of drug-likeness (QED) is 0.782. The molecule has 18 heavy (non-hydrogen) atoms. The topological polar surface area (TPSA) is 90.9 Å². The first kappa shape index (κ1) is 12.4. The summed E-state index contributed by atoms with van der Waals surface area (Å²) in [6.07, 6.45) is 0. The summed E-state index contributed by atoms with van der Waals surface area (Å²) in [5, 5.41) is 17.3. The number of nitrogens with one attached hydrogen (secondary N) is 1. The van der Waals surface area contributed by atoms with Crippen LogP contribution >= 0.6 is 11.8 Å². The molecule has 0 aliphatic carbocycles. The Morgan fingerprint density at radius 3 is 2.78 bits per heavy atom. The van der Waals surface area contributed by atoms with Gasteiger partial charge in [0.15, 0.2) is 5.82 Å². The number of hydrogen-bond acceptors (Lipinski definition) is 6. The molecular weight excluding hydrogens is 254 g/mol. The molecule has 0 saturated carbocycles. The van der Waals surface area contributed by atoms with Crippen LogP contribution < -0.4 is 9.84 Å². The van der Waals surface area contributed by atoms with Gasteiger partial charge in [-0.3, -0.25) is 5.10 Å². The van der Waals surface area contributed by atoms with Gasteiger partial charge in [0, 0.05) is 11.3 Å². The van der Waals surface area contributed by atoms with E-state index in [2.05, 4.69) is 15.2 Å². The largest absolute Gasteiger partial charge is 0.549 e. The van der Waals surface area contributed by atoms with Crippen molar-refractivity contribution in [3.8, 4) is 17.1 Å². The lowest BCUT2D eigenvalue weighted by atomic mass is 10.2. The van der Waals surface area contributed by atoms with Gasteiger partial charge in [-0.1, -0.05) is 11.8 Å². The third-order valence-corrected chi connectivity index (χ3v) is 2.97. The van der Waals surface area contributed by atoms with Crippen LogP contribution in [-0.4, -0.2) is 34.0 Å². The summed E-state index contributed by atoms with van der Waals surface area (Å²) in [7, 11) is 1.60. The maximum atomic E-state index is 10.3. The lowest BCUT2D eigenvalue weighted by Crippen LogP contribution is -2.24. The third-order valence-electron chi connectivity index (χ3n) is 2.15. The molecule has 0 fully saturated rings. The average Bonchev–Trinajstić information content (AvgIpc) is 2.85. The van der Waals surface area contributed by atoms with Gasteiger partial charge < -0.3 is 14.6 Å². The number of nitrogens with zero attached hydrogens (tertiary/aromatic N) is 2. The van der Waals surface area contributed by atoms with Crippen molar-refractivity contribution in [1.29, 1.82) is 0 Å². The van der Waals surface area contributed by atoms with Crippen molar-refractivity contribution < 1.29 is 14.6 Å². The number of carboxylic acid groups (broad SMARTS) is 1. The van der Waals surface area contributed by atoms with E-state index >= 15 is 0 Å². The summed E-state index contributed by atoms with van der Waals surface area (Å²) >= 11 is 1.01. The highest BCUT2D eigenvalue weighted by atomic mass is 32.2. The van der Waals surface area contributed by atoms with Gasteiger partial charge in [0.1, 0.15) is 5.75 Å². The van der Waals surface area contributed by atoms with Crippen molar-refractivity contribution in [2.45, 2.75) is 5.16 Å². The predicted molar refractivity (Wildman–Crippen MR) is 64.1 cm³/mol. The molecule has 1 N–H and O–H groups in total. The van der Waals surface area contributed by atoms with Crippen molar-refractivity contribution in [3.05, 3.63) is 24.3 Å². The van der Waals surface area contributed by atoms with Crippen LogP contribution in [-0.2, 0) is 4.79 Å². The Kier molecular flexibility index (Phi) is 3.83. The first-order valence-corrected chi connectivity index (χ1v) is 6.07. The summed E-state index contributed by atoms with van der Waals surface area (Å²) in [6, 6.07) is 7.30. The Hall–Kier alpha value is -2.02. The lowest BCUT2D eigenvalue weighted by Gasteiger charge is -1.99. The minimum atomic E-state index is -1.14. The molecule has 0 bridgehead atoms. The van der Waals surface area contributed by atoms with Crippen molar-refractivity contribution in [2.24, 2.45) is 0 Å². The van der Waals surface area contributed by atoms with E-state index in [-0.39, 0.29) is 5.75 Å². The molecule has 0 unspecified atom stereocenters. The summed E-state index contributed by atoms with van der Waals surface area (Å²) in [4.78, 5) is 14.5. The van der Waals surface area contributed by atoms with Crippen molar-refractivity contribution in [3.63, 3.8) is 0 Å². The molecule has 0 radical (unpaired) electrons. The van der Waals surface area contributed by atoms with Gasteiger partial charge in [0.05, 0.1) is 13.1 Å². The molecule has 94 valence electrons. The molecule has 2 aromatic rings. The van der Waals surface area contributed by atoms with Crippen LogP contribution in [0.2, 0.25) is 0 Å². The Morgan fingerprint density at radius 2 is 2.17 bits per heavy atom. The van der Waals surface area contributed by atoms with E-state index < -0.39 is 5.97 Å². The number of carbonyl (C=O) groups excluding carboxylic acids is 1. The summed E-state index contributed by atoms with van der Waals surface area (Å²) < 4.78 is 5.05. The minimum Gasteiger partial charge on any atom is -0.549 e. The molecule has 0 saturated heterocycles. The van der Waals surface area contributed by atoms with Crippen LogP contribution in [0.4, 0.5) is 0 Å².